The Morgan fingerprint density at radius 3 is 2.66 bits per heavy atom. The minimum absolute atomic E-state index is 0.0781. The van der Waals surface area contributed by atoms with Crippen LogP contribution in [-0.4, -0.2) is 37.4 Å². The summed E-state index contributed by atoms with van der Waals surface area (Å²) in [4.78, 5) is 37.6. The number of benzene rings is 1. The zero-order chi connectivity index (χ0) is 22.8. The third kappa shape index (κ3) is 7.34. The molecule has 7 heteroatoms. The number of thiophene rings is 1. The summed E-state index contributed by atoms with van der Waals surface area (Å²) in [7, 11) is 0. The van der Waals surface area contributed by atoms with E-state index in [0.29, 0.717) is 23.4 Å². The number of anilines is 1. The van der Waals surface area contributed by atoms with Crippen molar-refractivity contribution in [1.29, 1.82) is 0 Å². The fraction of sp³-hybridized carbons (Fsp3) is 0.400. The van der Waals surface area contributed by atoms with E-state index in [0.717, 1.165) is 36.4 Å². The molecular weight excluding hydrogens is 424 g/mol. The Kier molecular flexibility index (Phi) is 9.04. The number of ether oxygens (including phenoxy) is 1. The Labute approximate surface area is 193 Å². The Hall–Kier alpha value is -2.93. The smallest absolute Gasteiger partial charge is 0.340 e. The molecule has 0 bridgehead atoms. The molecule has 1 aromatic carbocycles. The SMILES string of the molecule is CC(=O)NCCc1ccc(C(=O)COC(=O)c2ccccc2NCCC2=CCCCC2)s1. The molecular formula is C25H30N2O4S. The zero-order valence-electron chi connectivity index (χ0n) is 18.4. The van der Waals surface area contributed by atoms with Crippen molar-refractivity contribution in [3.63, 3.8) is 0 Å². The molecule has 1 amide bonds. The maximum Gasteiger partial charge on any atom is 0.340 e. The first-order chi connectivity index (χ1) is 15.5. The molecule has 32 heavy (non-hydrogen) atoms. The molecule has 0 unspecified atom stereocenters. The van der Waals surface area contributed by atoms with Crippen LogP contribution in [0.4, 0.5) is 5.69 Å². The van der Waals surface area contributed by atoms with Gasteiger partial charge >= 0.3 is 5.97 Å². The van der Waals surface area contributed by atoms with E-state index in [1.807, 2.05) is 18.2 Å². The number of carbonyl (C=O) groups is 3. The molecule has 0 saturated heterocycles. The second-order valence-electron chi connectivity index (χ2n) is 7.83. The third-order valence-electron chi connectivity index (χ3n) is 5.31. The molecule has 1 aromatic heterocycles. The predicted molar refractivity (Wildman–Crippen MR) is 127 cm³/mol. The van der Waals surface area contributed by atoms with Crippen molar-refractivity contribution in [1.82, 2.24) is 5.32 Å². The zero-order valence-corrected chi connectivity index (χ0v) is 19.3. The summed E-state index contributed by atoms with van der Waals surface area (Å²) in [6, 6.07) is 10.8. The van der Waals surface area contributed by atoms with Gasteiger partial charge in [-0.15, -0.1) is 11.3 Å². The molecule has 0 atom stereocenters. The van der Waals surface area contributed by atoms with Gasteiger partial charge in [0.15, 0.2) is 6.61 Å². The van der Waals surface area contributed by atoms with Crippen molar-refractivity contribution in [3.8, 4) is 0 Å². The molecule has 170 valence electrons. The van der Waals surface area contributed by atoms with Crippen LogP contribution in [0.25, 0.3) is 0 Å². The number of ketones is 1. The van der Waals surface area contributed by atoms with Gasteiger partial charge in [-0.25, -0.2) is 4.79 Å². The first-order valence-corrected chi connectivity index (χ1v) is 11.9. The van der Waals surface area contributed by atoms with Gasteiger partial charge in [0.1, 0.15) is 0 Å². The fourth-order valence-electron chi connectivity index (χ4n) is 3.61. The Bertz CT molecular complexity index is 980. The van der Waals surface area contributed by atoms with Crippen molar-refractivity contribution >= 4 is 34.7 Å². The van der Waals surface area contributed by atoms with Crippen molar-refractivity contribution in [2.45, 2.75) is 45.4 Å². The first kappa shape index (κ1) is 23.7. The number of amides is 1. The van der Waals surface area contributed by atoms with Crippen LogP contribution < -0.4 is 10.6 Å². The Morgan fingerprint density at radius 2 is 1.88 bits per heavy atom. The average molecular weight is 455 g/mol. The van der Waals surface area contributed by atoms with Gasteiger partial charge in [-0.2, -0.15) is 0 Å². The van der Waals surface area contributed by atoms with Gasteiger partial charge in [-0.05, 0) is 62.8 Å². The number of Topliss-reactive ketones (excluding diaryl/α,β-unsaturated/α-hetero) is 1. The number of nitrogens with one attached hydrogen (secondary N) is 2. The van der Waals surface area contributed by atoms with E-state index in [9.17, 15) is 14.4 Å². The third-order valence-corrected chi connectivity index (χ3v) is 6.50. The van der Waals surface area contributed by atoms with Crippen LogP contribution in [0.15, 0.2) is 48.0 Å². The van der Waals surface area contributed by atoms with Crippen LogP contribution in [0.1, 0.15) is 63.9 Å². The monoisotopic (exact) mass is 454 g/mol. The summed E-state index contributed by atoms with van der Waals surface area (Å²) in [5.74, 6) is -0.824. The molecule has 2 N–H and O–H groups in total. The maximum absolute atomic E-state index is 12.6. The molecule has 0 aliphatic heterocycles. The van der Waals surface area contributed by atoms with E-state index < -0.39 is 5.97 Å². The first-order valence-electron chi connectivity index (χ1n) is 11.1. The molecule has 0 spiro atoms. The number of rotatable bonds is 11. The predicted octanol–water partition coefficient (Wildman–Crippen LogP) is 4.77. The fourth-order valence-corrected chi connectivity index (χ4v) is 4.54. The summed E-state index contributed by atoms with van der Waals surface area (Å²) < 4.78 is 5.31. The van der Waals surface area contributed by atoms with Crippen LogP contribution >= 0.6 is 11.3 Å². The molecule has 3 rings (SSSR count). The standard InChI is InChI=1S/C25H30N2O4S/c1-18(28)26-16-14-20-11-12-24(32-20)23(29)17-31-25(30)21-9-5-6-10-22(21)27-15-13-19-7-3-2-4-8-19/h5-7,9-12,27H,2-4,8,13-17H2,1H3,(H,26,28). The van der Waals surface area contributed by atoms with Crippen LogP contribution in [0.3, 0.4) is 0 Å². The van der Waals surface area contributed by atoms with E-state index in [1.165, 1.54) is 36.7 Å². The van der Waals surface area contributed by atoms with Crippen LogP contribution in [0.5, 0.6) is 0 Å². The Morgan fingerprint density at radius 1 is 1.03 bits per heavy atom. The minimum atomic E-state index is -0.513. The van der Waals surface area contributed by atoms with Crippen molar-refractivity contribution in [3.05, 3.63) is 63.4 Å². The lowest BCUT2D eigenvalue weighted by Crippen LogP contribution is -2.22. The van der Waals surface area contributed by atoms with Crippen molar-refractivity contribution < 1.29 is 19.1 Å². The van der Waals surface area contributed by atoms with Gasteiger partial charge in [0.05, 0.1) is 10.4 Å². The van der Waals surface area contributed by atoms with Crippen LogP contribution in [-0.2, 0) is 16.0 Å². The van der Waals surface area contributed by atoms with Gasteiger partial charge < -0.3 is 15.4 Å². The molecule has 0 saturated carbocycles. The van der Waals surface area contributed by atoms with E-state index in [1.54, 1.807) is 18.2 Å². The largest absolute Gasteiger partial charge is 0.454 e. The van der Waals surface area contributed by atoms with Gasteiger partial charge in [-0.1, -0.05) is 23.8 Å². The average Bonchev–Trinajstić information content (AvgIpc) is 3.27. The summed E-state index contributed by atoms with van der Waals surface area (Å²) in [6.07, 6.45) is 8.79. The number of hydrogen-bond acceptors (Lipinski definition) is 6. The summed E-state index contributed by atoms with van der Waals surface area (Å²) in [5, 5.41) is 6.07. The van der Waals surface area contributed by atoms with Gasteiger partial charge in [0, 0.05) is 30.6 Å². The van der Waals surface area contributed by atoms with Gasteiger partial charge in [0.25, 0.3) is 0 Å². The molecule has 0 radical (unpaired) electrons. The van der Waals surface area contributed by atoms with Crippen LogP contribution in [0.2, 0.25) is 0 Å². The number of hydrogen-bond donors (Lipinski definition) is 2. The second-order valence-corrected chi connectivity index (χ2v) is 9.00. The van der Waals surface area contributed by atoms with E-state index >= 15 is 0 Å². The minimum Gasteiger partial charge on any atom is -0.454 e. The summed E-state index contributed by atoms with van der Waals surface area (Å²) >= 11 is 1.36. The molecule has 2 aromatic rings. The van der Waals surface area contributed by atoms with Gasteiger partial charge in [0.2, 0.25) is 11.7 Å². The molecule has 0 fully saturated rings. The second kappa shape index (κ2) is 12.2. The maximum atomic E-state index is 12.6. The quantitative estimate of drug-likeness (QED) is 0.290. The van der Waals surface area contributed by atoms with Gasteiger partial charge in [-0.3, -0.25) is 9.59 Å². The molecule has 1 heterocycles. The summed E-state index contributed by atoms with van der Waals surface area (Å²) in [5.41, 5.74) is 2.62. The van der Waals surface area contributed by atoms with E-state index in [4.69, 9.17) is 4.74 Å². The number of para-hydroxylation sites is 1. The lowest BCUT2D eigenvalue weighted by Gasteiger charge is -2.15. The van der Waals surface area contributed by atoms with E-state index in [-0.39, 0.29) is 18.3 Å². The highest BCUT2D eigenvalue weighted by Gasteiger charge is 2.16. The molecule has 1 aliphatic rings. The lowest BCUT2D eigenvalue weighted by atomic mass is 9.97. The lowest BCUT2D eigenvalue weighted by molar-refractivity contribution is -0.118. The highest BCUT2D eigenvalue weighted by Crippen LogP contribution is 2.22. The highest BCUT2D eigenvalue weighted by molar-refractivity contribution is 7.14. The van der Waals surface area contributed by atoms with E-state index in [2.05, 4.69) is 16.7 Å². The summed E-state index contributed by atoms with van der Waals surface area (Å²) in [6.45, 7) is 2.45. The number of allylic oxidation sites excluding steroid dienone is 1. The topological polar surface area (TPSA) is 84.5 Å². The number of esters is 1. The van der Waals surface area contributed by atoms with Crippen molar-refractivity contribution in [2.24, 2.45) is 0 Å². The highest BCUT2D eigenvalue weighted by atomic mass is 32.1. The molecule has 1 aliphatic carbocycles. The molecule has 6 nitrogen and oxygen atoms in total. The van der Waals surface area contributed by atoms with Crippen LogP contribution in [0, 0.1) is 0 Å². The normalized spacial score (nSPS) is 13.2. The van der Waals surface area contributed by atoms with Crippen molar-refractivity contribution in [2.75, 3.05) is 25.0 Å². The number of carbonyl (C=O) groups excluding carboxylic acids is 3. The Balaban J connectivity index is 1.49.